The van der Waals surface area contributed by atoms with Gasteiger partial charge in [-0.15, -0.1) is 0 Å². The Morgan fingerprint density at radius 2 is 1.78 bits per heavy atom. The summed E-state index contributed by atoms with van der Waals surface area (Å²) in [6.07, 6.45) is 3.12. The van der Waals surface area contributed by atoms with Gasteiger partial charge in [-0.2, -0.15) is 0 Å². The van der Waals surface area contributed by atoms with Crippen molar-refractivity contribution in [1.82, 2.24) is 5.32 Å². The van der Waals surface area contributed by atoms with Gasteiger partial charge in [-0.1, -0.05) is 23.7 Å². The van der Waals surface area contributed by atoms with Crippen molar-refractivity contribution in [3.8, 4) is 11.5 Å². The molecule has 0 aromatic heterocycles. The molecule has 0 saturated heterocycles. The van der Waals surface area contributed by atoms with Crippen LogP contribution in [-0.4, -0.2) is 26.0 Å². The molecule has 1 heterocycles. The number of nitrogens with one attached hydrogen (secondary N) is 1. The lowest BCUT2D eigenvalue weighted by atomic mass is 10.1. The molecule has 0 unspecified atom stereocenters. The van der Waals surface area contributed by atoms with Crippen molar-refractivity contribution in [3.63, 3.8) is 0 Å². The Balaban J connectivity index is 1.80. The summed E-state index contributed by atoms with van der Waals surface area (Å²) in [6, 6.07) is 11.4. The second-order valence-corrected chi connectivity index (χ2v) is 6.67. The zero-order valence-electron chi connectivity index (χ0n) is 15.5. The minimum atomic E-state index is -0.220. The molecule has 1 N–H and O–H groups in total. The minimum Gasteiger partial charge on any atom is -0.496 e. The van der Waals surface area contributed by atoms with Gasteiger partial charge >= 0.3 is 0 Å². The molecule has 140 valence electrons. The third kappa shape index (κ3) is 4.49. The predicted octanol–water partition coefficient (Wildman–Crippen LogP) is 4.17. The second-order valence-electron chi connectivity index (χ2n) is 6.23. The summed E-state index contributed by atoms with van der Waals surface area (Å²) in [5.41, 5.74) is 3.19. The molecule has 0 saturated carbocycles. The van der Waals surface area contributed by atoms with Crippen LogP contribution in [0, 0.1) is 6.92 Å². The van der Waals surface area contributed by atoms with Gasteiger partial charge < -0.3 is 14.8 Å². The number of methoxy groups -OCH3 is 2. The van der Waals surface area contributed by atoms with E-state index in [0.29, 0.717) is 28.7 Å². The van der Waals surface area contributed by atoms with E-state index < -0.39 is 0 Å². The van der Waals surface area contributed by atoms with E-state index in [1.807, 2.05) is 43.3 Å². The first-order valence-electron chi connectivity index (χ1n) is 8.58. The van der Waals surface area contributed by atoms with Gasteiger partial charge in [-0.3, -0.25) is 4.79 Å². The second kappa shape index (κ2) is 8.27. The fraction of sp³-hybridized carbons (Fsp3) is 0.238. The van der Waals surface area contributed by atoms with Crippen molar-refractivity contribution >= 4 is 29.4 Å². The number of aryl methyl sites for hydroxylation is 2. The van der Waals surface area contributed by atoms with Gasteiger partial charge in [0.15, 0.2) is 0 Å². The third-order valence-electron chi connectivity index (χ3n) is 4.35. The van der Waals surface area contributed by atoms with Gasteiger partial charge in [0, 0.05) is 17.0 Å². The molecule has 1 amide bonds. The number of hydrogen-bond donors (Lipinski definition) is 1. The maximum atomic E-state index is 12.3. The predicted molar refractivity (Wildman–Crippen MR) is 108 cm³/mol. The first kappa shape index (κ1) is 19.0. The SMILES string of the molecule is COc1cc(/C=C2/N=C(CCc3ccc(Cl)cc3)NC2=O)c(OC)cc1C. The van der Waals surface area contributed by atoms with Crippen molar-refractivity contribution < 1.29 is 14.3 Å². The van der Waals surface area contributed by atoms with Crippen LogP contribution in [0.3, 0.4) is 0 Å². The number of amidine groups is 1. The maximum absolute atomic E-state index is 12.3. The van der Waals surface area contributed by atoms with Crippen LogP contribution in [0.25, 0.3) is 6.08 Å². The maximum Gasteiger partial charge on any atom is 0.275 e. The van der Waals surface area contributed by atoms with Crippen LogP contribution in [0.4, 0.5) is 0 Å². The molecule has 0 bridgehead atoms. The van der Waals surface area contributed by atoms with Crippen molar-refractivity contribution in [2.24, 2.45) is 4.99 Å². The summed E-state index contributed by atoms with van der Waals surface area (Å²) in [6.45, 7) is 1.94. The number of carbonyl (C=O) groups excluding carboxylic acids is 1. The smallest absolute Gasteiger partial charge is 0.275 e. The van der Waals surface area contributed by atoms with Crippen molar-refractivity contribution in [1.29, 1.82) is 0 Å². The Morgan fingerprint density at radius 3 is 2.44 bits per heavy atom. The minimum absolute atomic E-state index is 0.220. The van der Waals surface area contributed by atoms with Gasteiger partial charge in [-0.25, -0.2) is 4.99 Å². The quantitative estimate of drug-likeness (QED) is 0.760. The van der Waals surface area contributed by atoms with Crippen LogP contribution in [0.15, 0.2) is 47.1 Å². The highest BCUT2D eigenvalue weighted by molar-refractivity contribution is 6.30. The number of rotatable bonds is 6. The fourth-order valence-electron chi connectivity index (χ4n) is 2.88. The topological polar surface area (TPSA) is 59.9 Å². The molecule has 0 fully saturated rings. The molecule has 2 aromatic carbocycles. The number of ether oxygens (including phenoxy) is 2. The highest BCUT2D eigenvalue weighted by Crippen LogP contribution is 2.30. The van der Waals surface area contributed by atoms with Crippen LogP contribution in [-0.2, 0) is 11.2 Å². The molecule has 3 rings (SSSR count). The van der Waals surface area contributed by atoms with E-state index in [4.69, 9.17) is 21.1 Å². The number of nitrogens with zero attached hydrogens (tertiary/aromatic N) is 1. The number of amides is 1. The monoisotopic (exact) mass is 384 g/mol. The summed E-state index contributed by atoms with van der Waals surface area (Å²) in [5, 5.41) is 3.53. The number of halogens is 1. The molecule has 0 aliphatic carbocycles. The molecule has 27 heavy (non-hydrogen) atoms. The van der Waals surface area contributed by atoms with E-state index in [1.54, 1.807) is 20.3 Å². The van der Waals surface area contributed by atoms with Crippen LogP contribution < -0.4 is 14.8 Å². The highest BCUT2D eigenvalue weighted by Gasteiger charge is 2.20. The van der Waals surface area contributed by atoms with Gasteiger partial charge in [-0.05, 0) is 54.8 Å². The van der Waals surface area contributed by atoms with Crippen molar-refractivity contribution in [2.45, 2.75) is 19.8 Å². The summed E-state index contributed by atoms with van der Waals surface area (Å²) in [4.78, 5) is 16.7. The Kier molecular flexibility index (Phi) is 5.81. The molecule has 0 spiro atoms. The Morgan fingerprint density at radius 1 is 1.07 bits per heavy atom. The molecule has 1 aliphatic heterocycles. The standard InChI is InChI=1S/C21H21ClN2O3/c1-13-10-19(27-3)15(12-18(13)26-2)11-17-21(25)24-20(23-17)9-6-14-4-7-16(22)8-5-14/h4-5,7-8,10-12H,6,9H2,1-3H3,(H,23,24,25)/b17-11+. The lowest BCUT2D eigenvalue weighted by Gasteiger charge is -2.10. The molecule has 0 atom stereocenters. The lowest BCUT2D eigenvalue weighted by Crippen LogP contribution is -2.24. The summed E-state index contributed by atoms with van der Waals surface area (Å²) in [7, 11) is 3.21. The highest BCUT2D eigenvalue weighted by atomic mass is 35.5. The van der Waals surface area contributed by atoms with E-state index in [0.717, 1.165) is 28.9 Å². The third-order valence-corrected chi connectivity index (χ3v) is 4.60. The van der Waals surface area contributed by atoms with E-state index >= 15 is 0 Å². The van der Waals surface area contributed by atoms with Crippen LogP contribution in [0.1, 0.15) is 23.1 Å². The molecular weight excluding hydrogens is 364 g/mol. The summed E-state index contributed by atoms with van der Waals surface area (Å²) < 4.78 is 10.8. The van der Waals surface area contributed by atoms with E-state index in [9.17, 15) is 4.79 Å². The van der Waals surface area contributed by atoms with E-state index in [1.165, 1.54) is 0 Å². The molecule has 0 radical (unpaired) electrons. The van der Waals surface area contributed by atoms with E-state index in [2.05, 4.69) is 10.3 Å². The Labute approximate surface area is 163 Å². The van der Waals surface area contributed by atoms with E-state index in [-0.39, 0.29) is 5.91 Å². The van der Waals surface area contributed by atoms with Crippen molar-refractivity contribution in [3.05, 3.63) is 63.8 Å². The van der Waals surface area contributed by atoms with Crippen LogP contribution in [0.5, 0.6) is 11.5 Å². The lowest BCUT2D eigenvalue weighted by molar-refractivity contribution is -0.115. The Bertz CT molecular complexity index is 918. The average molecular weight is 385 g/mol. The Hall–Kier alpha value is -2.79. The van der Waals surface area contributed by atoms with Gasteiger partial charge in [0.1, 0.15) is 23.0 Å². The van der Waals surface area contributed by atoms with Gasteiger partial charge in [0.05, 0.1) is 14.2 Å². The molecule has 5 nitrogen and oxygen atoms in total. The zero-order valence-corrected chi connectivity index (χ0v) is 16.3. The number of hydrogen-bond acceptors (Lipinski definition) is 4. The van der Waals surface area contributed by atoms with Crippen molar-refractivity contribution in [2.75, 3.05) is 14.2 Å². The number of carbonyl (C=O) groups is 1. The number of aliphatic imine (C=N–C) groups is 1. The van der Waals surface area contributed by atoms with Crippen LogP contribution in [0.2, 0.25) is 5.02 Å². The number of benzene rings is 2. The summed E-state index contributed by atoms with van der Waals surface area (Å²) >= 11 is 5.90. The zero-order chi connectivity index (χ0) is 19.4. The van der Waals surface area contributed by atoms with Crippen LogP contribution >= 0.6 is 11.6 Å². The first-order valence-corrected chi connectivity index (χ1v) is 8.95. The molecular formula is C21H21ClN2O3. The molecule has 2 aromatic rings. The largest absolute Gasteiger partial charge is 0.496 e. The molecule has 1 aliphatic rings. The normalized spacial score (nSPS) is 14.9. The molecule has 6 heteroatoms. The first-order chi connectivity index (χ1) is 13.0. The average Bonchev–Trinajstić information content (AvgIpc) is 3.01. The van der Waals surface area contributed by atoms with Gasteiger partial charge in [0.25, 0.3) is 5.91 Å². The van der Waals surface area contributed by atoms with Gasteiger partial charge in [0.2, 0.25) is 0 Å². The fourth-order valence-corrected chi connectivity index (χ4v) is 3.01. The summed E-state index contributed by atoms with van der Waals surface area (Å²) in [5.74, 6) is 1.83.